The van der Waals surface area contributed by atoms with Gasteiger partial charge in [0.25, 0.3) is 0 Å². The fourth-order valence-electron chi connectivity index (χ4n) is 3.18. The van der Waals surface area contributed by atoms with Gasteiger partial charge in [0.15, 0.2) is 0 Å². The molecule has 0 saturated carbocycles. The Hall–Kier alpha value is -2.02. The van der Waals surface area contributed by atoms with Gasteiger partial charge in [-0.05, 0) is 36.8 Å². The Kier molecular flexibility index (Phi) is 4.80. The molecular weight excluding hydrogens is 328 g/mol. The number of amides is 2. The zero-order valence-corrected chi connectivity index (χ0v) is 14.1. The van der Waals surface area contributed by atoms with Crippen LogP contribution in [0.4, 0.5) is 11.4 Å². The van der Waals surface area contributed by atoms with Crippen LogP contribution in [-0.2, 0) is 14.4 Å². The van der Waals surface area contributed by atoms with Gasteiger partial charge in [0.1, 0.15) is 0 Å². The molecule has 2 amide bonds. The van der Waals surface area contributed by atoms with E-state index in [2.05, 4.69) is 5.32 Å². The molecule has 0 radical (unpaired) electrons. The lowest BCUT2D eigenvalue weighted by Gasteiger charge is -2.22. The summed E-state index contributed by atoms with van der Waals surface area (Å²) in [5.41, 5.74) is 0.389. The minimum Gasteiger partial charge on any atom is -0.481 e. The summed E-state index contributed by atoms with van der Waals surface area (Å²) in [5, 5.41) is 12.2. The van der Waals surface area contributed by atoms with Gasteiger partial charge < -0.3 is 15.3 Å². The van der Waals surface area contributed by atoms with Crippen LogP contribution in [0.15, 0.2) is 24.3 Å². The van der Waals surface area contributed by atoms with Crippen molar-refractivity contribution in [3.8, 4) is 0 Å². The van der Waals surface area contributed by atoms with Crippen molar-refractivity contribution in [1.29, 1.82) is 0 Å². The molecule has 7 heteroatoms. The van der Waals surface area contributed by atoms with Crippen molar-refractivity contribution in [3.63, 3.8) is 0 Å². The Labute approximate surface area is 144 Å². The normalized spacial score (nSPS) is 23.5. The minimum absolute atomic E-state index is 0.0256. The fourth-order valence-corrected chi connectivity index (χ4v) is 4.62. The summed E-state index contributed by atoms with van der Waals surface area (Å²) in [6, 6.07) is 7.14. The second kappa shape index (κ2) is 6.84. The van der Waals surface area contributed by atoms with Crippen LogP contribution in [-0.4, -0.2) is 40.9 Å². The second-order valence-electron chi connectivity index (χ2n) is 6.31. The third-order valence-corrected chi connectivity index (χ3v) is 5.82. The molecule has 2 aliphatic heterocycles. The van der Waals surface area contributed by atoms with E-state index in [9.17, 15) is 19.5 Å². The molecule has 1 aromatic rings. The van der Waals surface area contributed by atoms with Gasteiger partial charge in [-0.25, -0.2) is 0 Å². The lowest BCUT2D eigenvalue weighted by molar-refractivity contribution is -0.149. The summed E-state index contributed by atoms with van der Waals surface area (Å²) in [5.74, 6) is 0.125. The molecule has 6 nitrogen and oxygen atoms in total. The van der Waals surface area contributed by atoms with E-state index in [1.807, 2.05) is 6.07 Å². The topological polar surface area (TPSA) is 86.7 Å². The fraction of sp³-hybridized carbons (Fsp3) is 0.471. The van der Waals surface area contributed by atoms with Crippen molar-refractivity contribution in [2.24, 2.45) is 5.41 Å². The van der Waals surface area contributed by atoms with Crippen LogP contribution >= 0.6 is 11.8 Å². The number of aliphatic carboxylic acids is 1. The number of nitrogens with one attached hydrogen (secondary N) is 1. The van der Waals surface area contributed by atoms with Gasteiger partial charge in [-0.1, -0.05) is 6.07 Å². The number of hydrogen-bond acceptors (Lipinski definition) is 4. The highest BCUT2D eigenvalue weighted by molar-refractivity contribution is 7.99. The van der Waals surface area contributed by atoms with Gasteiger partial charge in [-0.3, -0.25) is 14.4 Å². The highest BCUT2D eigenvalue weighted by Gasteiger charge is 2.43. The van der Waals surface area contributed by atoms with Gasteiger partial charge in [-0.15, -0.1) is 0 Å². The molecule has 128 valence electrons. The Morgan fingerprint density at radius 2 is 2.21 bits per heavy atom. The predicted octanol–water partition coefficient (Wildman–Crippen LogP) is 2.35. The van der Waals surface area contributed by atoms with Crippen LogP contribution in [0.1, 0.15) is 25.7 Å². The SMILES string of the molecule is O=C(C[C@]1(C(=O)O)CCSC1)Nc1cccc(N2CCCC2=O)c1. The highest BCUT2D eigenvalue weighted by atomic mass is 32.2. The standard InChI is InChI=1S/C17H20N2O4S/c20-14(10-17(16(22)23)6-8-24-11-17)18-12-3-1-4-13(9-12)19-7-2-5-15(19)21/h1,3-4,9H,2,5-8,10-11H2,(H,18,20)(H,22,23)/t17-/m1/s1. The number of carboxylic acids is 1. The lowest BCUT2D eigenvalue weighted by Crippen LogP contribution is -2.35. The number of thioether (sulfide) groups is 1. The first-order valence-corrected chi connectivity index (χ1v) is 9.17. The molecule has 0 bridgehead atoms. The summed E-state index contributed by atoms with van der Waals surface area (Å²) in [6.45, 7) is 0.690. The minimum atomic E-state index is -0.961. The molecule has 0 unspecified atom stereocenters. The Bertz CT molecular complexity index is 670. The zero-order chi connectivity index (χ0) is 17.2. The van der Waals surface area contributed by atoms with Crippen molar-refractivity contribution in [2.75, 3.05) is 28.3 Å². The van der Waals surface area contributed by atoms with E-state index in [1.54, 1.807) is 34.9 Å². The molecule has 2 aliphatic rings. The van der Waals surface area contributed by atoms with Gasteiger partial charge in [0, 0.05) is 36.5 Å². The molecule has 2 saturated heterocycles. The van der Waals surface area contributed by atoms with E-state index < -0.39 is 11.4 Å². The number of hydrogen-bond donors (Lipinski definition) is 2. The molecule has 0 spiro atoms. The molecule has 1 atom stereocenters. The monoisotopic (exact) mass is 348 g/mol. The first-order chi connectivity index (χ1) is 11.5. The van der Waals surface area contributed by atoms with E-state index in [-0.39, 0.29) is 18.2 Å². The first-order valence-electron chi connectivity index (χ1n) is 8.02. The van der Waals surface area contributed by atoms with Crippen LogP contribution in [0.25, 0.3) is 0 Å². The van der Waals surface area contributed by atoms with Crippen LogP contribution in [0.5, 0.6) is 0 Å². The number of benzene rings is 1. The average Bonchev–Trinajstić information content (AvgIpc) is 3.17. The third-order valence-electron chi connectivity index (χ3n) is 4.57. The van der Waals surface area contributed by atoms with Crippen molar-refractivity contribution in [1.82, 2.24) is 0 Å². The van der Waals surface area contributed by atoms with Gasteiger partial charge >= 0.3 is 5.97 Å². The molecule has 0 aromatic heterocycles. The maximum atomic E-state index is 12.3. The lowest BCUT2D eigenvalue weighted by atomic mass is 9.84. The predicted molar refractivity (Wildman–Crippen MR) is 93.3 cm³/mol. The molecule has 1 aromatic carbocycles. The van der Waals surface area contributed by atoms with E-state index in [0.29, 0.717) is 30.8 Å². The molecule has 24 heavy (non-hydrogen) atoms. The Balaban J connectivity index is 1.68. The largest absolute Gasteiger partial charge is 0.481 e. The second-order valence-corrected chi connectivity index (χ2v) is 7.42. The van der Waals surface area contributed by atoms with Gasteiger partial charge in [0.05, 0.1) is 5.41 Å². The number of carbonyl (C=O) groups is 3. The number of carboxylic acid groups (broad SMARTS) is 1. The quantitative estimate of drug-likeness (QED) is 0.853. The Morgan fingerprint density at radius 1 is 1.38 bits per heavy atom. The summed E-state index contributed by atoms with van der Waals surface area (Å²) >= 11 is 1.57. The molecule has 2 N–H and O–H groups in total. The van der Waals surface area contributed by atoms with Crippen molar-refractivity contribution in [3.05, 3.63) is 24.3 Å². The van der Waals surface area contributed by atoms with Gasteiger partial charge in [0.2, 0.25) is 11.8 Å². The van der Waals surface area contributed by atoms with Crippen LogP contribution in [0, 0.1) is 5.41 Å². The smallest absolute Gasteiger partial charge is 0.311 e. The summed E-state index contributed by atoms with van der Waals surface area (Å²) in [4.78, 5) is 37.4. The van der Waals surface area contributed by atoms with Crippen LogP contribution in [0.2, 0.25) is 0 Å². The van der Waals surface area contributed by atoms with E-state index >= 15 is 0 Å². The maximum Gasteiger partial charge on any atom is 0.311 e. The molecule has 2 fully saturated rings. The van der Waals surface area contributed by atoms with E-state index in [1.165, 1.54) is 0 Å². The summed E-state index contributed by atoms with van der Waals surface area (Å²) in [7, 11) is 0. The van der Waals surface area contributed by atoms with Crippen molar-refractivity contribution < 1.29 is 19.5 Å². The molecule has 3 rings (SSSR count). The zero-order valence-electron chi connectivity index (χ0n) is 13.3. The number of rotatable bonds is 5. The average molecular weight is 348 g/mol. The maximum absolute atomic E-state index is 12.3. The molecular formula is C17H20N2O4S. The number of carbonyl (C=O) groups excluding carboxylic acids is 2. The summed E-state index contributed by atoms with van der Waals surface area (Å²) < 4.78 is 0. The number of nitrogens with zero attached hydrogens (tertiary/aromatic N) is 1. The first kappa shape index (κ1) is 16.8. The van der Waals surface area contributed by atoms with Crippen molar-refractivity contribution in [2.45, 2.75) is 25.7 Å². The van der Waals surface area contributed by atoms with Gasteiger partial charge in [-0.2, -0.15) is 11.8 Å². The Morgan fingerprint density at radius 3 is 2.83 bits per heavy atom. The third kappa shape index (κ3) is 3.40. The molecule has 0 aliphatic carbocycles. The molecule has 2 heterocycles. The van der Waals surface area contributed by atoms with Crippen LogP contribution < -0.4 is 10.2 Å². The van der Waals surface area contributed by atoms with E-state index in [4.69, 9.17) is 0 Å². The van der Waals surface area contributed by atoms with E-state index in [0.717, 1.165) is 17.9 Å². The summed E-state index contributed by atoms with van der Waals surface area (Å²) in [6.07, 6.45) is 1.88. The number of anilines is 2. The highest BCUT2D eigenvalue weighted by Crippen LogP contribution is 2.39. The van der Waals surface area contributed by atoms with Crippen molar-refractivity contribution >= 4 is 40.9 Å². The van der Waals surface area contributed by atoms with Crippen LogP contribution in [0.3, 0.4) is 0 Å².